The van der Waals surface area contributed by atoms with E-state index in [1.54, 1.807) is 18.2 Å². The Balaban J connectivity index is 2.22. The third-order valence-electron chi connectivity index (χ3n) is 3.55. The van der Waals surface area contributed by atoms with Crippen molar-refractivity contribution in [1.29, 1.82) is 0 Å². The Morgan fingerprint density at radius 2 is 1.83 bits per heavy atom. The van der Waals surface area contributed by atoms with Gasteiger partial charge in [0.1, 0.15) is 0 Å². The van der Waals surface area contributed by atoms with Crippen LogP contribution in [0.1, 0.15) is 22.3 Å². The van der Waals surface area contributed by atoms with Crippen LogP contribution in [0.3, 0.4) is 0 Å². The maximum Gasteiger partial charge on any atom is 0.173 e. The van der Waals surface area contributed by atoms with Crippen molar-refractivity contribution in [3.05, 3.63) is 46.5 Å². The number of aryl methyl sites for hydroxylation is 1. The molecule has 0 unspecified atom stereocenters. The highest BCUT2D eigenvalue weighted by Gasteiger charge is 2.24. The van der Waals surface area contributed by atoms with Crippen LogP contribution in [0, 0.1) is 13.8 Å². The molecule has 1 aliphatic rings. The van der Waals surface area contributed by atoms with E-state index in [4.69, 9.17) is 4.74 Å². The monoisotopic (exact) mass is 242 g/mol. The number of rotatable bonds is 0. The van der Waals surface area contributed by atoms with Crippen LogP contribution < -0.4 is 4.74 Å². The number of benzene rings is 2. The molecule has 0 amide bonds. The van der Waals surface area contributed by atoms with Gasteiger partial charge in [-0.3, -0.25) is 0 Å². The Kier molecular flexibility index (Phi) is 2.23. The first-order chi connectivity index (χ1) is 8.58. The van der Waals surface area contributed by atoms with Crippen molar-refractivity contribution >= 4 is 0 Å². The number of ether oxygens (including phenoxy) is 1. The largest absolute Gasteiger partial charge is 0.504 e. The summed E-state index contributed by atoms with van der Waals surface area (Å²) in [6.45, 7) is 3.98. The number of fused-ring (bicyclic) bond motifs is 2. The third-order valence-corrected chi connectivity index (χ3v) is 3.55. The van der Waals surface area contributed by atoms with Gasteiger partial charge in [-0.2, -0.15) is 0 Å². The van der Waals surface area contributed by atoms with E-state index in [1.807, 2.05) is 19.9 Å². The number of phenols is 2. The summed E-state index contributed by atoms with van der Waals surface area (Å²) in [5, 5.41) is 19.8. The zero-order chi connectivity index (χ0) is 12.9. The van der Waals surface area contributed by atoms with Crippen molar-refractivity contribution in [2.75, 3.05) is 0 Å². The van der Waals surface area contributed by atoms with Gasteiger partial charge < -0.3 is 14.9 Å². The van der Waals surface area contributed by atoms with Crippen LogP contribution in [-0.4, -0.2) is 10.2 Å². The Hall–Kier alpha value is -2.16. The van der Waals surface area contributed by atoms with Crippen LogP contribution in [0.2, 0.25) is 0 Å². The summed E-state index contributed by atoms with van der Waals surface area (Å²) < 4.78 is 5.67. The van der Waals surface area contributed by atoms with E-state index in [-0.39, 0.29) is 11.5 Å². The first-order valence-corrected chi connectivity index (χ1v) is 5.88. The van der Waals surface area contributed by atoms with Gasteiger partial charge in [-0.15, -0.1) is 0 Å². The quantitative estimate of drug-likeness (QED) is 0.635. The molecule has 92 valence electrons. The number of hydrogen-bond donors (Lipinski definition) is 2. The van der Waals surface area contributed by atoms with Gasteiger partial charge in [0.05, 0.1) is 0 Å². The highest BCUT2D eigenvalue weighted by atomic mass is 16.5. The summed E-state index contributed by atoms with van der Waals surface area (Å²) in [7, 11) is 0. The van der Waals surface area contributed by atoms with Crippen LogP contribution in [0.15, 0.2) is 24.3 Å². The molecule has 2 aromatic rings. The minimum absolute atomic E-state index is 0.107. The van der Waals surface area contributed by atoms with Gasteiger partial charge in [-0.05, 0) is 37.1 Å². The summed E-state index contributed by atoms with van der Waals surface area (Å²) in [6, 6.07) is 7.01. The number of hydrogen-bond acceptors (Lipinski definition) is 3. The molecule has 0 aromatic heterocycles. The van der Waals surface area contributed by atoms with Gasteiger partial charge in [0.2, 0.25) is 0 Å². The second-order valence-electron chi connectivity index (χ2n) is 4.69. The third kappa shape index (κ3) is 1.44. The molecule has 3 nitrogen and oxygen atoms in total. The average molecular weight is 242 g/mol. The highest BCUT2D eigenvalue weighted by molar-refractivity contribution is 5.62. The summed E-state index contributed by atoms with van der Waals surface area (Å²) in [4.78, 5) is 0. The molecule has 0 aliphatic carbocycles. The molecule has 1 aliphatic heterocycles. The van der Waals surface area contributed by atoms with E-state index in [1.165, 1.54) is 0 Å². The normalized spacial score (nSPS) is 12.6. The number of phenolic OH excluding ortho intramolecular Hbond substituents is 2. The molecule has 3 heteroatoms. The van der Waals surface area contributed by atoms with Crippen molar-refractivity contribution in [3.8, 4) is 23.0 Å². The zero-order valence-corrected chi connectivity index (χ0v) is 10.3. The van der Waals surface area contributed by atoms with Gasteiger partial charge in [-0.25, -0.2) is 0 Å². The van der Waals surface area contributed by atoms with Crippen molar-refractivity contribution in [1.82, 2.24) is 0 Å². The van der Waals surface area contributed by atoms with Crippen molar-refractivity contribution in [2.24, 2.45) is 0 Å². The summed E-state index contributed by atoms with van der Waals surface area (Å²) >= 11 is 0. The Labute approximate surface area is 105 Å². The van der Waals surface area contributed by atoms with Gasteiger partial charge in [0.25, 0.3) is 0 Å². The minimum atomic E-state index is 0.107. The van der Waals surface area contributed by atoms with E-state index in [2.05, 4.69) is 0 Å². The molecular weight excluding hydrogens is 228 g/mol. The maximum atomic E-state index is 9.97. The molecule has 0 saturated heterocycles. The number of aromatic hydroxyl groups is 2. The maximum absolute atomic E-state index is 9.97. The van der Waals surface area contributed by atoms with Crippen LogP contribution >= 0.6 is 0 Å². The molecule has 18 heavy (non-hydrogen) atoms. The van der Waals surface area contributed by atoms with Gasteiger partial charge in [-0.1, -0.05) is 12.1 Å². The molecule has 2 N–H and O–H groups in total. The molecule has 0 saturated carbocycles. The first kappa shape index (κ1) is 11.0. The fourth-order valence-electron chi connectivity index (χ4n) is 2.39. The lowest BCUT2D eigenvalue weighted by molar-refractivity contribution is 0.372. The van der Waals surface area contributed by atoms with Crippen LogP contribution in [0.25, 0.3) is 0 Å². The van der Waals surface area contributed by atoms with E-state index < -0.39 is 0 Å². The minimum Gasteiger partial charge on any atom is -0.504 e. The van der Waals surface area contributed by atoms with Crippen LogP contribution in [0.5, 0.6) is 23.0 Å². The summed E-state index contributed by atoms with van der Waals surface area (Å²) in [5.41, 5.74) is 4.09. The van der Waals surface area contributed by atoms with Gasteiger partial charge >= 0.3 is 0 Å². The Morgan fingerprint density at radius 3 is 2.61 bits per heavy atom. The molecular formula is C15H14O3. The lowest BCUT2D eigenvalue weighted by Crippen LogP contribution is -2.06. The van der Waals surface area contributed by atoms with Gasteiger partial charge in [0, 0.05) is 17.5 Å². The molecule has 0 spiro atoms. The number of para-hydroxylation sites is 1. The van der Waals surface area contributed by atoms with E-state index in [0.29, 0.717) is 17.9 Å². The lowest BCUT2D eigenvalue weighted by Gasteiger charge is -2.24. The van der Waals surface area contributed by atoms with E-state index in [9.17, 15) is 10.2 Å². The highest BCUT2D eigenvalue weighted by Crippen LogP contribution is 2.47. The molecule has 3 rings (SSSR count). The predicted molar refractivity (Wildman–Crippen MR) is 68.6 cm³/mol. The summed E-state index contributed by atoms with van der Waals surface area (Å²) in [6.07, 6.45) is 0.667. The molecule has 0 bridgehead atoms. The first-order valence-electron chi connectivity index (χ1n) is 5.88. The van der Waals surface area contributed by atoms with Crippen molar-refractivity contribution < 1.29 is 14.9 Å². The smallest absolute Gasteiger partial charge is 0.173 e. The van der Waals surface area contributed by atoms with E-state index >= 15 is 0 Å². The fourth-order valence-corrected chi connectivity index (χ4v) is 2.39. The molecule has 0 radical (unpaired) electrons. The average Bonchev–Trinajstić information content (AvgIpc) is 2.35. The standard InChI is InChI=1S/C15H14O3/c1-8-6-13(17)15-11(9(8)2)7-10-4-3-5-12(16)14(10)18-15/h3-6,16-17H,7H2,1-2H3. The second kappa shape index (κ2) is 3.67. The fraction of sp³-hybridized carbons (Fsp3) is 0.200. The van der Waals surface area contributed by atoms with Crippen molar-refractivity contribution in [2.45, 2.75) is 20.3 Å². The van der Waals surface area contributed by atoms with Gasteiger partial charge in [0.15, 0.2) is 23.0 Å². The van der Waals surface area contributed by atoms with Crippen molar-refractivity contribution in [3.63, 3.8) is 0 Å². The Morgan fingerprint density at radius 1 is 1.06 bits per heavy atom. The van der Waals surface area contributed by atoms with Crippen LogP contribution in [0.4, 0.5) is 0 Å². The Bertz CT molecular complexity index is 645. The second-order valence-corrected chi connectivity index (χ2v) is 4.69. The molecule has 0 atom stereocenters. The predicted octanol–water partition coefficient (Wildman–Crippen LogP) is 3.41. The zero-order valence-electron chi connectivity index (χ0n) is 10.3. The summed E-state index contributed by atoms with van der Waals surface area (Å²) in [5.74, 6) is 1.15. The lowest BCUT2D eigenvalue weighted by atomic mass is 9.93. The molecule has 1 heterocycles. The van der Waals surface area contributed by atoms with E-state index in [0.717, 1.165) is 22.3 Å². The molecule has 0 fully saturated rings. The topological polar surface area (TPSA) is 49.7 Å². The SMILES string of the molecule is Cc1cc(O)c2c(c1C)Cc1cccc(O)c1O2. The molecule has 2 aromatic carbocycles. The van der Waals surface area contributed by atoms with Crippen LogP contribution in [-0.2, 0) is 6.42 Å².